The molecule has 24 heavy (non-hydrogen) atoms. The van der Waals surface area contributed by atoms with Gasteiger partial charge < -0.3 is 15.0 Å². The van der Waals surface area contributed by atoms with E-state index in [0.29, 0.717) is 11.4 Å². The molecule has 0 saturated heterocycles. The molecule has 0 fully saturated rings. The molecule has 0 spiro atoms. The van der Waals surface area contributed by atoms with Crippen LogP contribution in [0.25, 0.3) is 11.0 Å². The molecule has 2 N–H and O–H groups in total. The van der Waals surface area contributed by atoms with Crippen LogP contribution in [0, 0.1) is 0 Å². The van der Waals surface area contributed by atoms with Crippen LogP contribution in [0.2, 0.25) is 0 Å². The molecular formula is C18H20N4O2. The average Bonchev–Trinajstić information content (AvgIpc) is 2.99. The third-order valence-corrected chi connectivity index (χ3v) is 3.54. The van der Waals surface area contributed by atoms with Crippen molar-refractivity contribution in [2.75, 3.05) is 5.32 Å². The van der Waals surface area contributed by atoms with Gasteiger partial charge in [0.15, 0.2) is 0 Å². The summed E-state index contributed by atoms with van der Waals surface area (Å²) in [6, 6.07) is 11.1. The van der Waals surface area contributed by atoms with E-state index in [9.17, 15) is 4.79 Å². The number of fused-ring (bicyclic) bond motifs is 1. The fourth-order valence-corrected chi connectivity index (χ4v) is 2.41. The molecule has 0 saturated carbocycles. The quantitative estimate of drug-likeness (QED) is 0.700. The Bertz CT molecular complexity index is 824. The van der Waals surface area contributed by atoms with Gasteiger partial charge in [-0.05, 0) is 45.0 Å². The highest BCUT2D eigenvalue weighted by molar-refractivity contribution is 5.94. The maximum atomic E-state index is 12.2. The number of hydrogen-bond donors (Lipinski definition) is 2. The summed E-state index contributed by atoms with van der Waals surface area (Å²) in [7, 11) is 0. The van der Waals surface area contributed by atoms with Gasteiger partial charge in [-0.1, -0.05) is 12.1 Å². The lowest BCUT2D eigenvalue weighted by Gasteiger charge is -2.15. The second-order valence-corrected chi connectivity index (χ2v) is 5.86. The number of benzene rings is 1. The Balaban J connectivity index is 1.84. The van der Waals surface area contributed by atoms with Crippen molar-refractivity contribution in [2.45, 2.75) is 32.9 Å². The number of H-pyrrole nitrogens is 1. The zero-order valence-electron chi connectivity index (χ0n) is 13.9. The van der Waals surface area contributed by atoms with Crippen molar-refractivity contribution in [3.63, 3.8) is 0 Å². The Kier molecular flexibility index (Phi) is 4.46. The number of aromatic amines is 1. The van der Waals surface area contributed by atoms with Crippen molar-refractivity contribution in [3.8, 4) is 0 Å². The number of pyridine rings is 1. The average molecular weight is 324 g/mol. The maximum absolute atomic E-state index is 12.2. The van der Waals surface area contributed by atoms with E-state index in [4.69, 9.17) is 4.74 Å². The van der Waals surface area contributed by atoms with E-state index >= 15 is 0 Å². The van der Waals surface area contributed by atoms with Gasteiger partial charge in [-0.3, -0.25) is 0 Å². The van der Waals surface area contributed by atoms with Crippen LogP contribution in [0.1, 0.15) is 43.0 Å². The first-order valence-electron chi connectivity index (χ1n) is 7.92. The monoisotopic (exact) mass is 324 g/mol. The molecule has 124 valence electrons. The second kappa shape index (κ2) is 6.70. The van der Waals surface area contributed by atoms with E-state index in [1.54, 1.807) is 18.3 Å². The number of nitrogens with zero attached hydrogens (tertiary/aromatic N) is 2. The minimum absolute atomic E-state index is 0.141. The van der Waals surface area contributed by atoms with Crippen LogP contribution < -0.4 is 5.32 Å². The molecule has 0 bridgehead atoms. The standard InChI is InChI=1S/C18H20N4O2/c1-11(2)24-18(23)13-7-6-10-19-17(13)20-12(3)16-21-14-8-4-5-9-15(14)22-16/h4-12H,1-3H3,(H,19,20)(H,21,22). The molecule has 1 aromatic carbocycles. The van der Waals surface area contributed by atoms with Crippen LogP contribution >= 0.6 is 0 Å². The summed E-state index contributed by atoms with van der Waals surface area (Å²) in [5.74, 6) is 0.874. The number of rotatable bonds is 5. The van der Waals surface area contributed by atoms with Crippen molar-refractivity contribution in [3.05, 3.63) is 54.0 Å². The van der Waals surface area contributed by atoms with Crippen molar-refractivity contribution in [1.29, 1.82) is 0 Å². The van der Waals surface area contributed by atoms with Crippen molar-refractivity contribution >= 4 is 22.8 Å². The zero-order valence-corrected chi connectivity index (χ0v) is 13.9. The summed E-state index contributed by atoms with van der Waals surface area (Å²) >= 11 is 0. The van der Waals surface area contributed by atoms with Crippen molar-refractivity contribution < 1.29 is 9.53 Å². The molecule has 1 unspecified atom stereocenters. The third kappa shape index (κ3) is 3.37. The number of hydrogen-bond acceptors (Lipinski definition) is 5. The number of aromatic nitrogens is 3. The summed E-state index contributed by atoms with van der Waals surface area (Å²) in [5.41, 5.74) is 2.29. The highest BCUT2D eigenvalue weighted by Crippen LogP contribution is 2.22. The molecule has 1 atom stereocenters. The largest absolute Gasteiger partial charge is 0.459 e. The molecule has 3 rings (SSSR count). The first kappa shape index (κ1) is 16.0. The molecule has 2 aromatic heterocycles. The van der Waals surface area contributed by atoms with Crippen molar-refractivity contribution in [2.24, 2.45) is 0 Å². The van der Waals surface area contributed by atoms with Gasteiger partial charge in [0.25, 0.3) is 0 Å². The summed E-state index contributed by atoms with van der Waals surface area (Å²) in [5, 5.41) is 3.24. The van der Waals surface area contributed by atoms with Gasteiger partial charge in [0, 0.05) is 6.20 Å². The lowest BCUT2D eigenvalue weighted by atomic mass is 10.2. The summed E-state index contributed by atoms with van der Waals surface area (Å²) in [6.07, 6.45) is 1.46. The molecule has 0 amide bonds. The first-order chi connectivity index (χ1) is 11.5. The zero-order chi connectivity index (χ0) is 17.1. The van der Waals surface area contributed by atoms with Gasteiger partial charge in [0.05, 0.1) is 23.2 Å². The number of para-hydroxylation sites is 2. The minimum atomic E-state index is -0.391. The van der Waals surface area contributed by atoms with Crippen LogP contribution in [-0.4, -0.2) is 27.0 Å². The van der Waals surface area contributed by atoms with Crippen molar-refractivity contribution in [1.82, 2.24) is 15.0 Å². The van der Waals surface area contributed by atoms with Gasteiger partial charge in [-0.25, -0.2) is 14.8 Å². The molecule has 0 radical (unpaired) electrons. The van der Waals surface area contributed by atoms with E-state index in [1.165, 1.54) is 0 Å². The molecule has 6 nitrogen and oxygen atoms in total. The summed E-state index contributed by atoms with van der Waals surface area (Å²) in [4.78, 5) is 24.3. The van der Waals surface area contributed by atoms with Gasteiger partial charge in [0.1, 0.15) is 17.2 Å². The molecule has 3 aromatic rings. The number of anilines is 1. The normalized spacial score (nSPS) is 12.3. The molecular weight excluding hydrogens is 304 g/mol. The fraction of sp³-hybridized carbons (Fsp3) is 0.278. The third-order valence-electron chi connectivity index (χ3n) is 3.54. The van der Waals surface area contributed by atoms with Crippen LogP contribution in [0.4, 0.5) is 5.82 Å². The van der Waals surface area contributed by atoms with Gasteiger partial charge >= 0.3 is 5.97 Å². The smallest absolute Gasteiger partial charge is 0.342 e. The van der Waals surface area contributed by atoms with E-state index in [2.05, 4.69) is 20.3 Å². The molecule has 2 heterocycles. The first-order valence-corrected chi connectivity index (χ1v) is 7.92. The van der Waals surface area contributed by atoms with Gasteiger partial charge in [0.2, 0.25) is 0 Å². The number of esters is 1. The lowest BCUT2D eigenvalue weighted by molar-refractivity contribution is 0.0378. The van der Waals surface area contributed by atoms with E-state index in [-0.39, 0.29) is 12.1 Å². The van der Waals surface area contributed by atoms with Crippen LogP contribution in [0.5, 0.6) is 0 Å². The molecule has 6 heteroatoms. The SMILES string of the molecule is CC(C)OC(=O)c1cccnc1NC(C)c1nc2ccccc2[nH]1. The van der Waals surface area contributed by atoms with Gasteiger partial charge in [-0.2, -0.15) is 0 Å². The van der Waals surface area contributed by atoms with Crippen LogP contribution in [-0.2, 0) is 4.74 Å². The Morgan fingerprint density at radius 1 is 1.17 bits per heavy atom. The summed E-state index contributed by atoms with van der Waals surface area (Å²) in [6.45, 7) is 5.60. The molecule has 0 aliphatic rings. The highest BCUT2D eigenvalue weighted by atomic mass is 16.5. The number of carbonyl (C=O) groups is 1. The summed E-state index contributed by atoms with van der Waals surface area (Å²) < 4.78 is 5.27. The second-order valence-electron chi connectivity index (χ2n) is 5.86. The number of imidazole rings is 1. The van der Waals surface area contributed by atoms with Crippen LogP contribution in [0.15, 0.2) is 42.6 Å². The molecule has 0 aliphatic heterocycles. The number of carbonyl (C=O) groups excluding carboxylic acids is 1. The van der Waals surface area contributed by atoms with E-state index in [1.807, 2.05) is 45.0 Å². The lowest BCUT2D eigenvalue weighted by Crippen LogP contribution is -2.17. The Morgan fingerprint density at radius 2 is 1.96 bits per heavy atom. The topological polar surface area (TPSA) is 79.9 Å². The Hall–Kier alpha value is -2.89. The molecule has 0 aliphatic carbocycles. The number of ether oxygens (including phenoxy) is 1. The van der Waals surface area contributed by atoms with Crippen LogP contribution in [0.3, 0.4) is 0 Å². The highest BCUT2D eigenvalue weighted by Gasteiger charge is 2.18. The minimum Gasteiger partial charge on any atom is -0.459 e. The fourth-order valence-electron chi connectivity index (χ4n) is 2.41. The maximum Gasteiger partial charge on any atom is 0.342 e. The van der Waals surface area contributed by atoms with Gasteiger partial charge in [-0.15, -0.1) is 0 Å². The number of nitrogens with one attached hydrogen (secondary N) is 2. The Morgan fingerprint density at radius 3 is 2.71 bits per heavy atom. The predicted molar refractivity (Wildman–Crippen MR) is 92.9 cm³/mol. The Labute approximate surface area is 140 Å². The van der Waals surface area contributed by atoms with E-state index in [0.717, 1.165) is 16.9 Å². The van der Waals surface area contributed by atoms with E-state index < -0.39 is 5.97 Å². The predicted octanol–water partition coefficient (Wildman–Crippen LogP) is 3.70.